The zero-order valence-electron chi connectivity index (χ0n) is 30.9. The zero-order valence-corrected chi connectivity index (χ0v) is 30.9. The van der Waals surface area contributed by atoms with Crippen molar-refractivity contribution in [2.45, 2.75) is 66.2 Å². The van der Waals surface area contributed by atoms with Crippen molar-refractivity contribution >= 4 is 45.3 Å². The number of benzene rings is 6. The third-order valence-corrected chi connectivity index (χ3v) is 9.69. The molecule has 0 aliphatic carbocycles. The Hall–Kier alpha value is -5.34. The Morgan fingerprint density at radius 2 is 0.560 bits per heavy atom. The molecule has 0 amide bonds. The minimum Gasteiger partial charge on any atom is -0.311 e. The third-order valence-electron chi connectivity index (χ3n) is 9.69. The van der Waals surface area contributed by atoms with Crippen LogP contribution in [0.15, 0.2) is 158 Å². The fourth-order valence-electron chi connectivity index (χ4n) is 6.42. The van der Waals surface area contributed by atoms with Gasteiger partial charge in [0.15, 0.2) is 0 Å². The van der Waals surface area contributed by atoms with E-state index in [1.807, 2.05) is 0 Å². The number of rotatable bonds is 8. The number of nitrogens with zero attached hydrogens (tertiary/aromatic N) is 2. The highest BCUT2D eigenvalue weighted by atomic mass is 15.1. The zero-order chi connectivity index (χ0) is 35.5. The quantitative estimate of drug-likeness (QED) is 0.151. The predicted molar refractivity (Wildman–Crippen MR) is 218 cm³/mol. The maximum Gasteiger partial charge on any atom is 0.0462 e. The molecule has 0 bridgehead atoms. The molecule has 0 atom stereocenters. The summed E-state index contributed by atoms with van der Waals surface area (Å²) < 4.78 is 0. The molecule has 0 heterocycles. The Balaban J connectivity index is 1.29. The summed E-state index contributed by atoms with van der Waals surface area (Å²) in [7, 11) is 0. The first kappa shape index (κ1) is 34.5. The van der Waals surface area contributed by atoms with Crippen LogP contribution >= 0.6 is 0 Å². The molecule has 50 heavy (non-hydrogen) atoms. The summed E-state index contributed by atoms with van der Waals surface area (Å²) in [6.07, 6.45) is 0. The molecule has 6 aromatic carbocycles. The van der Waals surface area contributed by atoms with Crippen molar-refractivity contribution in [3.63, 3.8) is 0 Å². The monoisotopic (exact) mass is 654 g/mol. The van der Waals surface area contributed by atoms with E-state index in [-0.39, 0.29) is 10.8 Å². The van der Waals surface area contributed by atoms with E-state index in [9.17, 15) is 0 Å². The molecule has 0 saturated carbocycles. The van der Waals surface area contributed by atoms with E-state index in [1.54, 1.807) is 0 Å². The highest BCUT2D eigenvalue weighted by Gasteiger charge is 2.18. The van der Waals surface area contributed by atoms with Gasteiger partial charge >= 0.3 is 0 Å². The molecule has 0 unspecified atom stereocenters. The topological polar surface area (TPSA) is 6.48 Å². The van der Waals surface area contributed by atoms with Crippen LogP contribution in [-0.4, -0.2) is 0 Å². The van der Waals surface area contributed by atoms with E-state index in [2.05, 4.69) is 223 Å². The lowest BCUT2D eigenvalue weighted by Gasteiger charge is -2.27. The Morgan fingerprint density at radius 3 is 0.820 bits per heavy atom. The Labute approximate surface area is 300 Å². The van der Waals surface area contributed by atoms with Gasteiger partial charge in [-0.1, -0.05) is 126 Å². The Bertz CT molecular complexity index is 1870. The summed E-state index contributed by atoms with van der Waals surface area (Å²) in [4.78, 5) is 4.66. The lowest BCUT2D eigenvalue weighted by molar-refractivity contribution is 0.590. The van der Waals surface area contributed by atoms with Gasteiger partial charge in [0.1, 0.15) is 0 Å². The molecule has 6 rings (SSSR count). The van der Waals surface area contributed by atoms with Crippen LogP contribution < -0.4 is 9.80 Å². The highest BCUT2D eigenvalue weighted by Crippen LogP contribution is 2.39. The van der Waals surface area contributed by atoms with E-state index < -0.39 is 0 Å². The minimum atomic E-state index is 0.111. The summed E-state index contributed by atoms with van der Waals surface area (Å²) in [5.41, 5.74) is 14.7. The molecule has 2 heteroatoms. The van der Waals surface area contributed by atoms with Gasteiger partial charge in [0.2, 0.25) is 0 Å². The van der Waals surface area contributed by atoms with Gasteiger partial charge in [-0.05, 0) is 131 Å². The maximum absolute atomic E-state index is 2.33. The van der Waals surface area contributed by atoms with Crippen LogP contribution in [0.1, 0.15) is 77.6 Å². The SMILES string of the molecule is CC(=C(C)c1ccc(N(c2ccccc2)c2ccc(C(C)(C)C)cc2)cc1)c1ccc(N(c2ccccc2)c2ccc(C(C)(C)C)cc2)cc1. The Morgan fingerprint density at radius 1 is 0.320 bits per heavy atom. The number of hydrogen-bond donors (Lipinski definition) is 0. The fourth-order valence-corrected chi connectivity index (χ4v) is 6.42. The minimum absolute atomic E-state index is 0.111. The van der Waals surface area contributed by atoms with E-state index in [4.69, 9.17) is 0 Å². The van der Waals surface area contributed by atoms with Crippen molar-refractivity contribution in [3.05, 3.63) is 180 Å². The van der Waals surface area contributed by atoms with E-state index >= 15 is 0 Å². The van der Waals surface area contributed by atoms with Gasteiger partial charge in [0.05, 0.1) is 0 Å². The standard InChI is InChI=1S/C48H50N2/c1-35(37-19-27-43(28-20-37)49(41-15-11-9-12-16-41)45-31-23-39(24-32-45)47(3,4)5)36(2)38-21-29-44(30-22-38)50(42-17-13-10-14-18-42)46-33-25-40(26-34-46)48(6,7)8/h9-34H,1-8H3. The molecule has 0 fully saturated rings. The van der Waals surface area contributed by atoms with Gasteiger partial charge < -0.3 is 9.80 Å². The molecule has 0 aliphatic heterocycles. The van der Waals surface area contributed by atoms with Crippen molar-refractivity contribution in [2.24, 2.45) is 0 Å². The van der Waals surface area contributed by atoms with Gasteiger partial charge in [0, 0.05) is 34.1 Å². The van der Waals surface area contributed by atoms with Crippen molar-refractivity contribution in [2.75, 3.05) is 9.80 Å². The molecular formula is C48H50N2. The molecule has 0 spiro atoms. The third kappa shape index (κ3) is 7.61. The summed E-state index contributed by atoms with van der Waals surface area (Å²) in [5, 5.41) is 0. The van der Waals surface area contributed by atoms with Gasteiger partial charge in [0.25, 0.3) is 0 Å². The molecule has 0 radical (unpaired) electrons. The first-order valence-corrected chi connectivity index (χ1v) is 17.7. The molecule has 0 aliphatic rings. The van der Waals surface area contributed by atoms with Gasteiger partial charge in [-0.3, -0.25) is 0 Å². The van der Waals surface area contributed by atoms with Crippen LogP contribution in [0.2, 0.25) is 0 Å². The summed E-state index contributed by atoms with van der Waals surface area (Å²) in [6, 6.07) is 57.1. The average Bonchev–Trinajstić information content (AvgIpc) is 3.12. The van der Waals surface area contributed by atoms with Crippen molar-refractivity contribution in [1.82, 2.24) is 0 Å². The molecule has 0 aromatic heterocycles. The number of hydrogen-bond acceptors (Lipinski definition) is 2. The van der Waals surface area contributed by atoms with Crippen molar-refractivity contribution in [3.8, 4) is 0 Å². The summed E-state index contributed by atoms with van der Waals surface area (Å²) in [6.45, 7) is 18.0. The van der Waals surface area contributed by atoms with Gasteiger partial charge in [-0.15, -0.1) is 0 Å². The van der Waals surface area contributed by atoms with Crippen LogP contribution in [0.4, 0.5) is 34.1 Å². The molecule has 2 nitrogen and oxygen atoms in total. The van der Waals surface area contributed by atoms with Gasteiger partial charge in [-0.25, -0.2) is 0 Å². The lowest BCUT2D eigenvalue weighted by atomic mass is 9.87. The van der Waals surface area contributed by atoms with Crippen molar-refractivity contribution < 1.29 is 0 Å². The maximum atomic E-state index is 2.33. The largest absolute Gasteiger partial charge is 0.311 e. The molecule has 252 valence electrons. The fraction of sp³-hybridized carbons (Fsp3) is 0.208. The van der Waals surface area contributed by atoms with E-state index in [0.717, 1.165) is 34.1 Å². The number of para-hydroxylation sites is 2. The van der Waals surface area contributed by atoms with Crippen molar-refractivity contribution in [1.29, 1.82) is 0 Å². The normalized spacial score (nSPS) is 12.3. The second kappa shape index (κ2) is 14.3. The van der Waals surface area contributed by atoms with E-state index in [1.165, 1.54) is 33.4 Å². The molecular weight excluding hydrogens is 605 g/mol. The van der Waals surface area contributed by atoms with Gasteiger partial charge in [-0.2, -0.15) is 0 Å². The number of allylic oxidation sites excluding steroid dienone is 2. The molecule has 0 saturated heterocycles. The Kier molecular flexibility index (Phi) is 9.84. The van der Waals surface area contributed by atoms with Crippen LogP contribution in [0.3, 0.4) is 0 Å². The van der Waals surface area contributed by atoms with Crippen LogP contribution in [0.25, 0.3) is 11.1 Å². The summed E-state index contributed by atoms with van der Waals surface area (Å²) in [5.74, 6) is 0. The average molecular weight is 655 g/mol. The highest BCUT2D eigenvalue weighted by molar-refractivity contribution is 5.90. The first-order valence-electron chi connectivity index (χ1n) is 17.7. The number of anilines is 6. The van der Waals surface area contributed by atoms with Crippen LogP contribution in [0, 0.1) is 0 Å². The second-order valence-electron chi connectivity index (χ2n) is 15.3. The molecule has 6 aromatic rings. The second-order valence-corrected chi connectivity index (χ2v) is 15.3. The molecule has 0 N–H and O–H groups in total. The van der Waals surface area contributed by atoms with E-state index in [0.29, 0.717) is 0 Å². The first-order chi connectivity index (χ1) is 23.9. The lowest BCUT2D eigenvalue weighted by Crippen LogP contribution is -2.13. The van der Waals surface area contributed by atoms with Crippen LogP contribution in [-0.2, 0) is 10.8 Å². The van der Waals surface area contributed by atoms with Crippen LogP contribution in [0.5, 0.6) is 0 Å². The smallest absolute Gasteiger partial charge is 0.0462 e. The predicted octanol–water partition coefficient (Wildman–Crippen LogP) is 14.2. The summed E-state index contributed by atoms with van der Waals surface area (Å²) >= 11 is 0.